The molecular weight excluding hydrogens is 510 g/mol. The number of benzene rings is 3. The van der Waals surface area contributed by atoms with E-state index in [4.69, 9.17) is 14.2 Å². The second-order valence-electron chi connectivity index (χ2n) is 10.6. The van der Waals surface area contributed by atoms with E-state index in [0.29, 0.717) is 24.5 Å². The predicted molar refractivity (Wildman–Crippen MR) is 169 cm³/mol. The lowest BCUT2D eigenvalue weighted by Crippen LogP contribution is -2.10. The van der Waals surface area contributed by atoms with Gasteiger partial charge in [-0.05, 0) is 60.9 Å². The Morgan fingerprint density at radius 1 is 0.634 bits per heavy atom. The van der Waals surface area contributed by atoms with Crippen molar-refractivity contribution in [1.82, 2.24) is 0 Å². The summed E-state index contributed by atoms with van der Waals surface area (Å²) in [5, 5.41) is 3.48. The number of carbonyl (C=O) groups excluding carboxylic acids is 1. The number of rotatable bonds is 21. The van der Waals surface area contributed by atoms with Crippen molar-refractivity contribution in [3.63, 3.8) is 0 Å². The van der Waals surface area contributed by atoms with E-state index in [0.717, 1.165) is 48.6 Å². The smallest absolute Gasteiger partial charge is 0.343 e. The summed E-state index contributed by atoms with van der Waals surface area (Å²) < 4.78 is 17.6. The Balaban J connectivity index is 1.56. The van der Waals surface area contributed by atoms with Gasteiger partial charge in [-0.15, -0.1) is 0 Å². The molecule has 5 heteroatoms. The van der Waals surface area contributed by atoms with Gasteiger partial charge < -0.3 is 19.5 Å². The minimum absolute atomic E-state index is 0.395. The molecule has 0 aliphatic carbocycles. The second-order valence-corrected chi connectivity index (χ2v) is 10.6. The Hall–Kier alpha value is -3.47. The molecule has 0 heterocycles. The maximum absolute atomic E-state index is 12.8. The van der Waals surface area contributed by atoms with Crippen LogP contribution in [-0.4, -0.2) is 19.2 Å². The first kappa shape index (κ1) is 32.0. The minimum Gasteiger partial charge on any atom is -0.494 e. The van der Waals surface area contributed by atoms with Crippen molar-refractivity contribution in [3.8, 4) is 17.2 Å². The fourth-order valence-corrected chi connectivity index (χ4v) is 4.61. The predicted octanol–water partition coefficient (Wildman–Crippen LogP) is 10.00. The zero-order chi connectivity index (χ0) is 29.0. The molecule has 0 aromatic heterocycles. The molecule has 0 saturated heterocycles. The third-order valence-electron chi connectivity index (χ3n) is 7.10. The maximum atomic E-state index is 12.8. The summed E-state index contributed by atoms with van der Waals surface area (Å²) in [7, 11) is 0. The number of ether oxygens (including phenoxy) is 3. The summed E-state index contributed by atoms with van der Waals surface area (Å²) in [6, 6.07) is 22.8. The fraction of sp³-hybridized carbons (Fsp3) is 0.472. The number of para-hydroxylation sites is 1. The van der Waals surface area contributed by atoms with E-state index >= 15 is 0 Å². The third kappa shape index (κ3) is 12.7. The van der Waals surface area contributed by atoms with Gasteiger partial charge in [-0.1, -0.05) is 108 Å². The van der Waals surface area contributed by atoms with E-state index in [9.17, 15) is 4.79 Å². The van der Waals surface area contributed by atoms with E-state index < -0.39 is 5.97 Å². The lowest BCUT2D eigenvalue weighted by atomic mass is 10.1. The van der Waals surface area contributed by atoms with Crippen molar-refractivity contribution in [2.75, 3.05) is 18.5 Å². The number of hydrogen-bond donors (Lipinski definition) is 1. The number of esters is 1. The summed E-state index contributed by atoms with van der Waals surface area (Å²) in [5.41, 5.74) is 2.37. The summed E-state index contributed by atoms with van der Waals surface area (Å²) in [6.07, 6.45) is 14.8. The Morgan fingerprint density at radius 3 is 1.90 bits per heavy atom. The molecule has 0 fully saturated rings. The monoisotopic (exact) mass is 559 g/mol. The molecule has 41 heavy (non-hydrogen) atoms. The molecule has 3 aromatic carbocycles. The fourth-order valence-electron chi connectivity index (χ4n) is 4.61. The van der Waals surface area contributed by atoms with Crippen LogP contribution in [0.5, 0.6) is 17.2 Å². The average molecular weight is 560 g/mol. The van der Waals surface area contributed by atoms with Crippen molar-refractivity contribution < 1.29 is 19.0 Å². The van der Waals surface area contributed by atoms with Gasteiger partial charge in [0.2, 0.25) is 0 Å². The molecule has 3 aromatic rings. The quantitative estimate of drug-likeness (QED) is 0.0799. The van der Waals surface area contributed by atoms with Gasteiger partial charge in [-0.25, -0.2) is 4.79 Å². The normalized spacial score (nSPS) is 10.8. The highest BCUT2D eigenvalue weighted by molar-refractivity contribution is 5.92. The van der Waals surface area contributed by atoms with Crippen molar-refractivity contribution in [2.45, 2.75) is 97.4 Å². The van der Waals surface area contributed by atoms with Crippen molar-refractivity contribution in [1.29, 1.82) is 0 Å². The Morgan fingerprint density at radius 2 is 1.24 bits per heavy atom. The van der Waals surface area contributed by atoms with Crippen LogP contribution in [0.2, 0.25) is 0 Å². The minimum atomic E-state index is -0.395. The standard InChI is InChI=1S/C36H49NO4/c1-3-5-7-9-11-16-26-39-32-23-20-30(21-24-32)29-37-34-28-31(36(38)41-33-18-14-13-15-19-33)22-25-35(34)40-27-17-12-10-8-6-4-2/h13-15,18-25,28,37H,3-12,16-17,26-27,29H2,1-2H3. The molecule has 0 saturated carbocycles. The van der Waals surface area contributed by atoms with Gasteiger partial charge in [0.15, 0.2) is 0 Å². The van der Waals surface area contributed by atoms with Crippen molar-refractivity contribution in [3.05, 3.63) is 83.9 Å². The molecule has 0 radical (unpaired) electrons. The average Bonchev–Trinajstić information content (AvgIpc) is 3.00. The Labute approximate surface area is 247 Å². The molecule has 0 aliphatic rings. The highest BCUT2D eigenvalue weighted by Crippen LogP contribution is 2.28. The van der Waals surface area contributed by atoms with Crippen molar-refractivity contribution in [2.24, 2.45) is 0 Å². The second kappa shape index (κ2) is 19.6. The number of hydrogen-bond acceptors (Lipinski definition) is 5. The van der Waals surface area contributed by atoms with Gasteiger partial charge in [0.05, 0.1) is 24.5 Å². The molecular formula is C36H49NO4. The summed E-state index contributed by atoms with van der Waals surface area (Å²) in [6.45, 7) is 6.49. The molecule has 0 amide bonds. The van der Waals surface area contributed by atoms with Gasteiger partial charge in [-0.3, -0.25) is 0 Å². The Kier molecular flexibility index (Phi) is 15.3. The van der Waals surface area contributed by atoms with Crippen molar-refractivity contribution >= 4 is 11.7 Å². The lowest BCUT2D eigenvalue weighted by Gasteiger charge is -2.15. The van der Waals surface area contributed by atoms with Crippen LogP contribution in [0, 0.1) is 0 Å². The van der Waals surface area contributed by atoms with Crippen LogP contribution < -0.4 is 19.5 Å². The topological polar surface area (TPSA) is 56.8 Å². The van der Waals surface area contributed by atoms with Crippen LogP contribution >= 0.6 is 0 Å². The maximum Gasteiger partial charge on any atom is 0.343 e. The van der Waals surface area contributed by atoms with E-state index in [1.54, 1.807) is 18.2 Å². The van der Waals surface area contributed by atoms with Crippen LogP contribution in [-0.2, 0) is 6.54 Å². The van der Waals surface area contributed by atoms with Gasteiger partial charge in [0.25, 0.3) is 0 Å². The zero-order valence-electron chi connectivity index (χ0n) is 25.2. The molecule has 0 spiro atoms. The summed E-state index contributed by atoms with van der Waals surface area (Å²) >= 11 is 0. The molecule has 0 unspecified atom stereocenters. The van der Waals surface area contributed by atoms with E-state index in [1.807, 2.05) is 42.5 Å². The first-order valence-corrected chi connectivity index (χ1v) is 15.7. The van der Waals surface area contributed by atoms with E-state index in [2.05, 4.69) is 31.3 Å². The number of anilines is 1. The SMILES string of the molecule is CCCCCCCCOc1ccc(CNc2cc(C(=O)Oc3ccccc3)ccc2OCCCCCCCC)cc1. The molecule has 3 rings (SSSR count). The van der Waals surface area contributed by atoms with Crippen LogP contribution in [0.4, 0.5) is 5.69 Å². The van der Waals surface area contributed by atoms with Gasteiger partial charge in [0, 0.05) is 6.54 Å². The summed E-state index contributed by atoms with van der Waals surface area (Å²) in [4.78, 5) is 12.8. The van der Waals surface area contributed by atoms with E-state index in [1.165, 1.54) is 57.8 Å². The van der Waals surface area contributed by atoms with E-state index in [-0.39, 0.29) is 0 Å². The van der Waals surface area contributed by atoms with Gasteiger partial charge in [-0.2, -0.15) is 0 Å². The van der Waals surface area contributed by atoms with Crippen LogP contribution in [0.1, 0.15) is 107 Å². The van der Waals surface area contributed by atoms with Crippen LogP contribution in [0.15, 0.2) is 72.8 Å². The molecule has 0 atom stereocenters. The zero-order valence-corrected chi connectivity index (χ0v) is 25.2. The van der Waals surface area contributed by atoms with Crippen LogP contribution in [0.3, 0.4) is 0 Å². The third-order valence-corrected chi connectivity index (χ3v) is 7.10. The molecule has 0 aliphatic heterocycles. The number of carbonyl (C=O) groups is 1. The Bertz CT molecular complexity index is 1110. The van der Waals surface area contributed by atoms with Gasteiger partial charge >= 0.3 is 5.97 Å². The lowest BCUT2D eigenvalue weighted by molar-refractivity contribution is 0.0734. The molecule has 1 N–H and O–H groups in total. The van der Waals surface area contributed by atoms with Crippen LogP contribution in [0.25, 0.3) is 0 Å². The molecule has 0 bridgehead atoms. The first-order chi connectivity index (χ1) is 20.2. The molecule has 222 valence electrons. The van der Waals surface area contributed by atoms with Gasteiger partial charge in [0.1, 0.15) is 17.2 Å². The molecule has 5 nitrogen and oxygen atoms in total. The highest BCUT2D eigenvalue weighted by Gasteiger charge is 2.13. The summed E-state index contributed by atoms with van der Waals surface area (Å²) in [5.74, 6) is 1.77. The number of nitrogens with one attached hydrogen (secondary N) is 1. The number of unbranched alkanes of at least 4 members (excludes halogenated alkanes) is 10. The first-order valence-electron chi connectivity index (χ1n) is 15.7. The highest BCUT2D eigenvalue weighted by atomic mass is 16.5. The largest absolute Gasteiger partial charge is 0.494 e.